The van der Waals surface area contributed by atoms with Crippen LogP contribution in [0.1, 0.15) is 32.4 Å². The third-order valence-corrected chi connectivity index (χ3v) is 2.47. The molecule has 0 bridgehead atoms. The van der Waals surface area contributed by atoms with Gasteiger partial charge in [0.2, 0.25) is 0 Å². The fourth-order valence-electron chi connectivity index (χ4n) is 1.22. The summed E-state index contributed by atoms with van der Waals surface area (Å²) >= 11 is 5.66. The van der Waals surface area contributed by atoms with Crippen molar-refractivity contribution in [2.75, 3.05) is 0 Å². The molecule has 0 radical (unpaired) electrons. The van der Waals surface area contributed by atoms with E-state index in [1.807, 2.05) is 20.8 Å². The predicted molar refractivity (Wildman–Crippen MR) is 57.8 cm³/mol. The van der Waals surface area contributed by atoms with E-state index >= 15 is 0 Å². The second kappa shape index (κ2) is 3.87. The van der Waals surface area contributed by atoms with E-state index in [2.05, 4.69) is 0 Å². The van der Waals surface area contributed by atoms with E-state index in [0.29, 0.717) is 10.6 Å². The largest absolute Gasteiger partial charge is 0.323 e. The van der Waals surface area contributed by atoms with Crippen LogP contribution in [-0.2, 0) is 0 Å². The van der Waals surface area contributed by atoms with E-state index in [1.165, 1.54) is 6.07 Å². The van der Waals surface area contributed by atoms with Gasteiger partial charge in [-0.25, -0.2) is 4.39 Å². The summed E-state index contributed by atoms with van der Waals surface area (Å²) in [6.07, 6.45) is 0. The third kappa shape index (κ3) is 2.46. The van der Waals surface area contributed by atoms with E-state index in [0.717, 1.165) is 0 Å². The molecule has 0 amide bonds. The van der Waals surface area contributed by atoms with E-state index in [9.17, 15) is 4.39 Å². The van der Waals surface area contributed by atoms with Gasteiger partial charge >= 0.3 is 0 Å². The molecule has 1 atom stereocenters. The zero-order chi connectivity index (χ0) is 10.9. The van der Waals surface area contributed by atoms with Crippen molar-refractivity contribution in [3.63, 3.8) is 0 Å². The number of hydrogen-bond acceptors (Lipinski definition) is 1. The Balaban J connectivity index is 3.08. The van der Waals surface area contributed by atoms with E-state index in [1.54, 1.807) is 12.1 Å². The van der Waals surface area contributed by atoms with Crippen LogP contribution in [0.4, 0.5) is 4.39 Å². The maximum Gasteiger partial charge on any atom is 0.129 e. The summed E-state index contributed by atoms with van der Waals surface area (Å²) in [7, 11) is 0. The van der Waals surface area contributed by atoms with Gasteiger partial charge in [0.05, 0.1) is 0 Å². The average Bonchev–Trinajstić information content (AvgIpc) is 2.01. The van der Waals surface area contributed by atoms with Gasteiger partial charge in [-0.3, -0.25) is 0 Å². The van der Waals surface area contributed by atoms with Crippen LogP contribution in [0.3, 0.4) is 0 Å². The minimum atomic E-state index is -0.333. The van der Waals surface area contributed by atoms with Gasteiger partial charge in [0.25, 0.3) is 0 Å². The number of rotatable bonds is 1. The first-order valence-electron chi connectivity index (χ1n) is 4.53. The van der Waals surface area contributed by atoms with Gasteiger partial charge in [0.15, 0.2) is 0 Å². The molecule has 14 heavy (non-hydrogen) atoms. The Hall–Kier alpha value is -0.600. The molecule has 1 rings (SSSR count). The number of benzene rings is 1. The zero-order valence-corrected chi connectivity index (χ0v) is 9.40. The fourth-order valence-corrected chi connectivity index (χ4v) is 1.38. The summed E-state index contributed by atoms with van der Waals surface area (Å²) in [5.74, 6) is -0.333. The molecule has 0 aromatic heterocycles. The van der Waals surface area contributed by atoms with Crippen molar-refractivity contribution in [1.29, 1.82) is 0 Å². The average molecular weight is 216 g/mol. The monoisotopic (exact) mass is 215 g/mol. The van der Waals surface area contributed by atoms with Gasteiger partial charge < -0.3 is 5.73 Å². The molecular weight excluding hydrogens is 201 g/mol. The molecule has 0 aliphatic heterocycles. The van der Waals surface area contributed by atoms with Crippen molar-refractivity contribution in [2.24, 2.45) is 11.1 Å². The first kappa shape index (κ1) is 11.5. The van der Waals surface area contributed by atoms with Crippen LogP contribution in [0.2, 0.25) is 5.02 Å². The van der Waals surface area contributed by atoms with Crippen LogP contribution in [-0.4, -0.2) is 0 Å². The zero-order valence-electron chi connectivity index (χ0n) is 8.64. The van der Waals surface area contributed by atoms with Crippen LogP contribution < -0.4 is 5.73 Å². The normalized spacial score (nSPS) is 14.1. The number of nitrogens with two attached hydrogens (primary N) is 1. The summed E-state index contributed by atoms with van der Waals surface area (Å²) in [5.41, 5.74) is 6.30. The molecule has 0 spiro atoms. The lowest BCUT2D eigenvalue weighted by Gasteiger charge is -2.27. The molecule has 0 saturated heterocycles. The maximum atomic E-state index is 13.5. The molecule has 3 heteroatoms. The van der Waals surface area contributed by atoms with E-state index in [-0.39, 0.29) is 17.3 Å². The van der Waals surface area contributed by atoms with Crippen molar-refractivity contribution in [3.05, 3.63) is 34.6 Å². The standard InChI is InChI=1S/C11H15ClFN/c1-11(2,3)10(14)8-5-4-7(12)6-9(8)13/h4-6,10H,14H2,1-3H3/t10-/m0/s1. The van der Waals surface area contributed by atoms with E-state index in [4.69, 9.17) is 17.3 Å². The van der Waals surface area contributed by atoms with Gasteiger partial charge in [-0.2, -0.15) is 0 Å². The first-order chi connectivity index (χ1) is 6.32. The maximum absolute atomic E-state index is 13.5. The Bertz CT molecular complexity index is 331. The summed E-state index contributed by atoms with van der Waals surface area (Å²) in [4.78, 5) is 0. The van der Waals surface area contributed by atoms with Crippen LogP contribution in [0.5, 0.6) is 0 Å². The van der Waals surface area contributed by atoms with Crippen LogP contribution >= 0.6 is 11.6 Å². The van der Waals surface area contributed by atoms with Gasteiger partial charge in [0, 0.05) is 16.6 Å². The van der Waals surface area contributed by atoms with Crippen molar-refractivity contribution in [2.45, 2.75) is 26.8 Å². The Morgan fingerprint density at radius 2 is 1.93 bits per heavy atom. The minimum absolute atomic E-state index is 0.158. The van der Waals surface area contributed by atoms with Crippen molar-refractivity contribution in [3.8, 4) is 0 Å². The Kier molecular flexibility index (Phi) is 3.17. The molecule has 0 saturated carbocycles. The highest BCUT2D eigenvalue weighted by atomic mass is 35.5. The molecule has 1 aromatic rings. The Labute approximate surface area is 89.1 Å². The third-order valence-electron chi connectivity index (χ3n) is 2.23. The Morgan fingerprint density at radius 1 is 1.36 bits per heavy atom. The van der Waals surface area contributed by atoms with Crippen molar-refractivity contribution >= 4 is 11.6 Å². The molecule has 0 unspecified atom stereocenters. The van der Waals surface area contributed by atoms with Crippen molar-refractivity contribution in [1.82, 2.24) is 0 Å². The van der Waals surface area contributed by atoms with Gasteiger partial charge in [-0.15, -0.1) is 0 Å². The predicted octanol–water partition coefficient (Wildman–Crippen LogP) is 3.53. The van der Waals surface area contributed by atoms with E-state index < -0.39 is 0 Å². The number of halogens is 2. The second-order valence-electron chi connectivity index (χ2n) is 4.51. The smallest absolute Gasteiger partial charge is 0.129 e. The molecule has 0 fully saturated rings. The second-order valence-corrected chi connectivity index (χ2v) is 4.95. The molecule has 0 heterocycles. The molecule has 1 aromatic carbocycles. The molecule has 1 nitrogen and oxygen atoms in total. The highest BCUT2D eigenvalue weighted by molar-refractivity contribution is 6.30. The van der Waals surface area contributed by atoms with Crippen LogP contribution in [0.15, 0.2) is 18.2 Å². The van der Waals surface area contributed by atoms with Gasteiger partial charge in [0.1, 0.15) is 5.82 Å². The highest BCUT2D eigenvalue weighted by Gasteiger charge is 2.24. The number of hydrogen-bond donors (Lipinski definition) is 1. The first-order valence-corrected chi connectivity index (χ1v) is 4.90. The minimum Gasteiger partial charge on any atom is -0.323 e. The summed E-state index contributed by atoms with van der Waals surface area (Å²) in [6.45, 7) is 5.93. The highest BCUT2D eigenvalue weighted by Crippen LogP contribution is 2.32. The molecular formula is C11H15ClFN. The van der Waals surface area contributed by atoms with Crippen LogP contribution in [0, 0.1) is 11.2 Å². The van der Waals surface area contributed by atoms with Gasteiger partial charge in [-0.05, 0) is 17.5 Å². The lowest BCUT2D eigenvalue weighted by atomic mass is 9.83. The lowest BCUT2D eigenvalue weighted by molar-refractivity contribution is 0.319. The summed E-state index contributed by atoms with van der Waals surface area (Å²) < 4.78 is 13.5. The molecule has 0 aliphatic carbocycles. The SMILES string of the molecule is CC(C)(C)[C@@H](N)c1ccc(Cl)cc1F. The fraction of sp³-hybridized carbons (Fsp3) is 0.455. The quantitative estimate of drug-likeness (QED) is 0.762. The molecule has 2 N–H and O–H groups in total. The van der Waals surface area contributed by atoms with Crippen LogP contribution in [0.25, 0.3) is 0 Å². The summed E-state index contributed by atoms with van der Waals surface area (Å²) in [6, 6.07) is 4.28. The molecule has 78 valence electrons. The molecule has 0 aliphatic rings. The van der Waals surface area contributed by atoms with Gasteiger partial charge in [-0.1, -0.05) is 38.4 Å². The lowest BCUT2D eigenvalue weighted by Crippen LogP contribution is -2.27. The topological polar surface area (TPSA) is 26.0 Å². The van der Waals surface area contributed by atoms with Crippen molar-refractivity contribution < 1.29 is 4.39 Å². The summed E-state index contributed by atoms with van der Waals surface area (Å²) in [5, 5.41) is 0.396. The Morgan fingerprint density at radius 3 is 2.36 bits per heavy atom.